The van der Waals surface area contributed by atoms with Crippen molar-refractivity contribution >= 4 is 23.2 Å². The maximum Gasteiger partial charge on any atom is 0.255 e. The van der Waals surface area contributed by atoms with Gasteiger partial charge in [0.25, 0.3) is 11.8 Å². The van der Waals surface area contributed by atoms with E-state index in [1.807, 2.05) is 32.0 Å². The summed E-state index contributed by atoms with van der Waals surface area (Å²) in [6.45, 7) is 4.59. The molecule has 5 nitrogen and oxygen atoms in total. The molecule has 3 rings (SSSR count). The Morgan fingerprint density at radius 3 is 2.64 bits per heavy atom. The zero-order valence-electron chi connectivity index (χ0n) is 14.5. The van der Waals surface area contributed by atoms with Crippen molar-refractivity contribution < 1.29 is 14.3 Å². The normalized spacial score (nSPS) is 16.5. The molecular weight excluding hydrogens is 316 g/mol. The van der Waals surface area contributed by atoms with Crippen LogP contribution in [0.2, 0.25) is 0 Å². The summed E-state index contributed by atoms with van der Waals surface area (Å²) in [5.74, 6) is -0.371. The first-order valence-corrected chi connectivity index (χ1v) is 8.44. The van der Waals surface area contributed by atoms with E-state index in [1.54, 1.807) is 24.3 Å². The number of hydrogen-bond acceptors (Lipinski definition) is 3. The molecule has 2 aromatic carbocycles. The molecule has 0 spiro atoms. The van der Waals surface area contributed by atoms with Crippen molar-refractivity contribution in [3.05, 3.63) is 59.2 Å². The number of hydrogen-bond donors (Lipinski definition) is 2. The van der Waals surface area contributed by atoms with Gasteiger partial charge >= 0.3 is 0 Å². The Hall–Kier alpha value is -2.66. The molecule has 0 aromatic heterocycles. The Morgan fingerprint density at radius 2 is 1.92 bits per heavy atom. The number of rotatable bonds is 4. The van der Waals surface area contributed by atoms with Gasteiger partial charge in [-0.2, -0.15) is 0 Å². The lowest BCUT2D eigenvalue weighted by Gasteiger charge is -2.12. The first-order chi connectivity index (χ1) is 12.0. The van der Waals surface area contributed by atoms with Crippen molar-refractivity contribution in [2.75, 3.05) is 17.2 Å². The maximum atomic E-state index is 12.5. The summed E-state index contributed by atoms with van der Waals surface area (Å²) < 4.78 is 5.38. The monoisotopic (exact) mass is 338 g/mol. The van der Waals surface area contributed by atoms with E-state index < -0.39 is 6.10 Å². The summed E-state index contributed by atoms with van der Waals surface area (Å²) in [4.78, 5) is 24.6. The summed E-state index contributed by atoms with van der Waals surface area (Å²) in [7, 11) is 0. The molecule has 2 amide bonds. The van der Waals surface area contributed by atoms with E-state index in [-0.39, 0.29) is 11.8 Å². The zero-order valence-corrected chi connectivity index (χ0v) is 14.5. The molecule has 0 bridgehead atoms. The average Bonchev–Trinajstić information content (AvgIpc) is 3.12. The summed E-state index contributed by atoms with van der Waals surface area (Å²) in [6.07, 6.45) is 1.24. The Balaban J connectivity index is 1.69. The molecule has 1 aliphatic rings. The Kier molecular flexibility index (Phi) is 5.14. The van der Waals surface area contributed by atoms with Crippen LogP contribution in [0.3, 0.4) is 0 Å². The predicted octanol–water partition coefficient (Wildman–Crippen LogP) is 3.67. The molecule has 0 saturated carbocycles. The second-order valence-electron chi connectivity index (χ2n) is 6.34. The van der Waals surface area contributed by atoms with Crippen molar-refractivity contribution in [3.8, 4) is 0 Å². The molecule has 0 aliphatic carbocycles. The molecule has 1 heterocycles. The van der Waals surface area contributed by atoms with E-state index in [0.29, 0.717) is 17.9 Å². The van der Waals surface area contributed by atoms with Crippen LogP contribution in [0.1, 0.15) is 34.3 Å². The van der Waals surface area contributed by atoms with E-state index in [4.69, 9.17) is 4.74 Å². The summed E-state index contributed by atoms with van der Waals surface area (Å²) >= 11 is 0. The number of amides is 2. The second-order valence-corrected chi connectivity index (χ2v) is 6.34. The highest BCUT2D eigenvalue weighted by atomic mass is 16.5. The van der Waals surface area contributed by atoms with Gasteiger partial charge in [-0.25, -0.2) is 0 Å². The van der Waals surface area contributed by atoms with Gasteiger partial charge in [-0.05, 0) is 56.5 Å². The lowest BCUT2D eigenvalue weighted by molar-refractivity contribution is -0.124. The minimum absolute atomic E-state index is 0.163. The Labute approximate surface area is 147 Å². The van der Waals surface area contributed by atoms with Gasteiger partial charge in [0.05, 0.1) is 0 Å². The third kappa shape index (κ3) is 4.25. The van der Waals surface area contributed by atoms with Gasteiger partial charge < -0.3 is 15.4 Å². The average molecular weight is 338 g/mol. The van der Waals surface area contributed by atoms with Crippen molar-refractivity contribution in [2.24, 2.45) is 0 Å². The lowest BCUT2D eigenvalue weighted by atomic mass is 10.1. The van der Waals surface area contributed by atoms with E-state index in [1.165, 1.54) is 0 Å². The van der Waals surface area contributed by atoms with Crippen LogP contribution in [-0.2, 0) is 9.53 Å². The number of ether oxygens (including phenoxy) is 1. The summed E-state index contributed by atoms with van der Waals surface area (Å²) in [5, 5.41) is 5.73. The number of anilines is 2. The molecule has 1 atom stereocenters. The van der Waals surface area contributed by atoms with Crippen molar-refractivity contribution in [1.82, 2.24) is 0 Å². The highest BCUT2D eigenvalue weighted by Gasteiger charge is 2.23. The third-order valence-corrected chi connectivity index (χ3v) is 4.24. The minimum Gasteiger partial charge on any atom is -0.368 e. The first kappa shape index (κ1) is 17.2. The van der Waals surface area contributed by atoms with Crippen LogP contribution in [0.25, 0.3) is 0 Å². The maximum absolute atomic E-state index is 12.5. The molecule has 2 N–H and O–H groups in total. The molecular formula is C20H22N2O3. The molecule has 2 aromatic rings. The molecule has 25 heavy (non-hydrogen) atoms. The van der Waals surface area contributed by atoms with Gasteiger partial charge in [0.2, 0.25) is 0 Å². The largest absolute Gasteiger partial charge is 0.368 e. The fourth-order valence-corrected chi connectivity index (χ4v) is 2.89. The van der Waals surface area contributed by atoms with Crippen LogP contribution in [0.4, 0.5) is 11.4 Å². The Morgan fingerprint density at radius 1 is 1.08 bits per heavy atom. The molecule has 0 radical (unpaired) electrons. The SMILES string of the molecule is Cc1ccc(NC(=O)c2cccc(NC(=O)[C@@H]3CCCO3)c2)c(C)c1. The highest BCUT2D eigenvalue weighted by molar-refractivity contribution is 6.05. The van der Waals surface area contributed by atoms with Crippen molar-refractivity contribution in [1.29, 1.82) is 0 Å². The molecule has 130 valence electrons. The Bertz CT molecular complexity index is 795. The second kappa shape index (κ2) is 7.49. The van der Waals surface area contributed by atoms with Gasteiger partial charge in [-0.1, -0.05) is 23.8 Å². The molecule has 1 aliphatic heterocycles. The van der Waals surface area contributed by atoms with Gasteiger partial charge in [-0.3, -0.25) is 9.59 Å². The molecule has 1 saturated heterocycles. The van der Waals surface area contributed by atoms with E-state index in [0.717, 1.165) is 29.7 Å². The topological polar surface area (TPSA) is 67.4 Å². The zero-order chi connectivity index (χ0) is 17.8. The van der Waals surface area contributed by atoms with Crippen LogP contribution in [0, 0.1) is 13.8 Å². The third-order valence-electron chi connectivity index (χ3n) is 4.24. The van der Waals surface area contributed by atoms with Gasteiger partial charge in [-0.15, -0.1) is 0 Å². The van der Waals surface area contributed by atoms with Crippen LogP contribution in [-0.4, -0.2) is 24.5 Å². The fraction of sp³-hybridized carbons (Fsp3) is 0.300. The van der Waals surface area contributed by atoms with Crippen molar-refractivity contribution in [3.63, 3.8) is 0 Å². The molecule has 1 fully saturated rings. The predicted molar refractivity (Wildman–Crippen MR) is 97.9 cm³/mol. The number of nitrogens with one attached hydrogen (secondary N) is 2. The van der Waals surface area contributed by atoms with E-state index in [2.05, 4.69) is 10.6 Å². The van der Waals surface area contributed by atoms with E-state index in [9.17, 15) is 9.59 Å². The molecule has 5 heteroatoms. The van der Waals surface area contributed by atoms with Crippen LogP contribution < -0.4 is 10.6 Å². The number of benzene rings is 2. The lowest BCUT2D eigenvalue weighted by Crippen LogP contribution is -2.27. The van der Waals surface area contributed by atoms with Crippen molar-refractivity contribution in [2.45, 2.75) is 32.8 Å². The number of aryl methyl sites for hydroxylation is 2. The van der Waals surface area contributed by atoms with E-state index >= 15 is 0 Å². The van der Waals surface area contributed by atoms with Gasteiger partial charge in [0, 0.05) is 23.5 Å². The summed E-state index contributed by atoms with van der Waals surface area (Å²) in [5.41, 5.74) is 4.02. The minimum atomic E-state index is -0.396. The van der Waals surface area contributed by atoms with Crippen LogP contribution in [0.15, 0.2) is 42.5 Å². The smallest absolute Gasteiger partial charge is 0.255 e. The highest BCUT2D eigenvalue weighted by Crippen LogP contribution is 2.19. The van der Waals surface area contributed by atoms with Gasteiger partial charge in [0.1, 0.15) is 6.10 Å². The molecule has 0 unspecified atom stereocenters. The standard InChI is InChI=1S/C20H22N2O3/c1-13-8-9-17(14(2)11-13)22-19(23)15-5-3-6-16(12-15)21-20(24)18-7-4-10-25-18/h3,5-6,8-9,11-12,18H,4,7,10H2,1-2H3,(H,21,24)(H,22,23)/t18-/m0/s1. The summed E-state index contributed by atoms with van der Waals surface area (Å²) in [6, 6.07) is 12.8. The fourth-order valence-electron chi connectivity index (χ4n) is 2.89. The number of carbonyl (C=O) groups excluding carboxylic acids is 2. The quantitative estimate of drug-likeness (QED) is 0.894. The first-order valence-electron chi connectivity index (χ1n) is 8.44. The van der Waals surface area contributed by atoms with Crippen LogP contribution in [0.5, 0.6) is 0 Å². The van der Waals surface area contributed by atoms with Crippen LogP contribution >= 0.6 is 0 Å². The van der Waals surface area contributed by atoms with Gasteiger partial charge in [0.15, 0.2) is 0 Å². The number of carbonyl (C=O) groups is 2.